The monoisotopic (exact) mass is 464 g/mol. The topological polar surface area (TPSA) is 88.8 Å². The van der Waals surface area contributed by atoms with Gasteiger partial charge in [-0.3, -0.25) is 14.9 Å². The molecule has 1 aliphatic rings. The highest BCUT2D eigenvalue weighted by atomic mass is 32.1. The maximum absolute atomic E-state index is 12.7. The Morgan fingerprint density at radius 2 is 1.88 bits per heavy atom. The normalized spacial score (nSPS) is 14.0. The summed E-state index contributed by atoms with van der Waals surface area (Å²) in [5.41, 5.74) is 2.37. The van der Waals surface area contributed by atoms with E-state index in [1.807, 2.05) is 41.5 Å². The second-order valence-corrected chi connectivity index (χ2v) is 8.64. The molecule has 2 aromatic carbocycles. The fourth-order valence-corrected chi connectivity index (χ4v) is 4.29. The van der Waals surface area contributed by atoms with Crippen LogP contribution in [0.5, 0.6) is 5.75 Å². The molecule has 8 nitrogen and oxygen atoms in total. The minimum atomic E-state index is -0.370. The van der Waals surface area contributed by atoms with Gasteiger partial charge < -0.3 is 14.5 Å². The SMILES string of the molecule is Cc1nc(COc2ccccc2/C=C/C(=O)N2CCN(c3ccccc3[N+](=O)[O-])CC2)cs1. The molecule has 0 atom stereocenters. The third-order valence-electron chi connectivity index (χ3n) is 5.38. The van der Waals surface area contributed by atoms with Crippen molar-refractivity contribution in [3.8, 4) is 5.75 Å². The fraction of sp³-hybridized carbons (Fsp3) is 0.250. The molecule has 0 bridgehead atoms. The predicted octanol–water partition coefficient (Wildman–Crippen LogP) is 4.30. The number of nitrogens with zero attached hydrogens (tertiary/aromatic N) is 4. The molecule has 1 aliphatic heterocycles. The van der Waals surface area contributed by atoms with Crippen LogP contribution in [-0.4, -0.2) is 46.9 Å². The highest BCUT2D eigenvalue weighted by Crippen LogP contribution is 2.28. The molecular weight excluding hydrogens is 440 g/mol. The summed E-state index contributed by atoms with van der Waals surface area (Å²) in [7, 11) is 0. The van der Waals surface area contributed by atoms with Gasteiger partial charge in [0.25, 0.3) is 5.69 Å². The maximum Gasteiger partial charge on any atom is 0.292 e. The number of hydrogen-bond acceptors (Lipinski definition) is 7. The molecule has 0 saturated carbocycles. The van der Waals surface area contributed by atoms with Gasteiger partial charge in [0, 0.05) is 49.3 Å². The molecule has 4 rings (SSSR count). The number of nitro benzene ring substituents is 1. The van der Waals surface area contributed by atoms with Crippen LogP contribution >= 0.6 is 11.3 Å². The molecule has 1 amide bonds. The van der Waals surface area contributed by atoms with Gasteiger partial charge in [0.2, 0.25) is 5.91 Å². The minimum absolute atomic E-state index is 0.0848. The first-order valence-corrected chi connectivity index (χ1v) is 11.5. The molecule has 9 heteroatoms. The number of piperazine rings is 1. The van der Waals surface area contributed by atoms with Crippen molar-refractivity contribution in [3.05, 3.63) is 86.4 Å². The Balaban J connectivity index is 1.36. The lowest BCUT2D eigenvalue weighted by molar-refractivity contribution is -0.384. The van der Waals surface area contributed by atoms with Crippen molar-refractivity contribution in [2.45, 2.75) is 13.5 Å². The first-order valence-electron chi connectivity index (χ1n) is 10.6. The van der Waals surface area contributed by atoms with Crippen LogP contribution in [0, 0.1) is 17.0 Å². The Bertz CT molecular complexity index is 1170. The van der Waals surface area contributed by atoms with Gasteiger partial charge in [-0.25, -0.2) is 4.98 Å². The fourth-order valence-electron chi connectivity index (χ4n) is 3.70. The van der Waals surface area contributed by atoms with E-state index in [9.17, 15) is 14.9 Å². The second kappa shape index (κ2) is 10.3. The zero-order valence-corrected chi connectivity index (χ0v) is 19.0. The Kier molecular flexibility index (Phi) is 6.99. The molecule has 0 spiro atoms. The van der Waals surface area contributed by atoms with Crippen molar-refractivity contribution in [1.29, 1.82) is 0 Å². The van der Waals surface area contributed by atoms with E-state index >= 15 is 0 Å². The molecule has 0 N–H and O–H groups in total. The molecule has 0 radical (unpaired) electrons. The summed E-state index contributed by atoms with van der Waals surface area (Å²) in [4.78, 5) is 31.8. The summed E-state index contributed by atoms with van der Waals surface area (Å²) in [5.74, 6) is 0.593. The lowest BCUT2D eigenvalue weighted by Gasteiger charge is -2.35. The Hall–Kier alpha value is -3.72. The summed E-state index contributed by atoms with van der Waals surface area (Å²) in [6.07, 6.45) is 3.31. The van der Waals surface area contributed by atoms with Crippen LogP contribution in [0.4, 0.5) is 11.4 Å². The molecule has 2 heterocycles. The van der Waals surface area contributed by atoms with E-state index in [1.54, 1.807) is 46.6 Å². The molecule has 33 heavy (non-hydrogen) atoms. The summed E-state index contributed by atoms with van der Waals surface area (Å²) in [6, 6.07) is 14.3. The maximum atomic E-state index is 12.7. The number of carbonyl (C=O) groups excluding carboxylic acids is 1. The van der Waals surface area contributed by atoms with Crippen molar-refractivity contribution in [2.75, 3.05) is 31.1 Å². The van der Waals surface area contributed by atoms with Crippen LogP contribution in [0.15, 0.2) is 60.0 Å². The number of rotatable bonds is 7. The number of carbonyl (C=O) groups is 1. The Morgan fingerprint density at radius 1 is 1.15 bits per heavy atom. The number of amides is 1. The molecule has 1 saturated heterocycles. The number of aryl methyl sites for hydroxylation is 1. The number of para-hydroxylation sites is 3. The van der Waals surface area contributed by atoms with E-state index < -0.39 is 0 Å². The summed E-state index contributed by atoms with van der Waals surface area (Å²) in [5, 5.41) is 14.3. The smallest absolute Gasteiger partial charge is 0.292 e. The largest absolute Gasteiger partial charge is 0.487 e. The number of thiazole rings is 1. The van der Waals surface area contributed by atoms with E-state index in [-0.39, 0.29) is 16.5 Å². The predicted molar refractivity (Wildman–Crippen MR) is 129 cm³/mol. The third kappa shape index (κ3) is 5.56. The number of ether oxygens (including phenoxy) is 1. The number of benzene rings is 2. The van der Waals surface area contributed by atoms with E-state index in [4.69, 9.17) is 4.74 Å². The van der Waals surface area contributed by atoms with Gasteiger partial charge >= 0.3 is 0 Å². The number of nitro groups is 1. The number of aromatic nitrogens is 1. The van der Waals surface area contributed by atoms with Gasteiger partial charge in [0.15, 0.2) is 0 Å². The lowest BCUT2D eigenvalue weighted by atomic mass is 10.1. The van der Waals surface area contributed by atoms with Gasteiger partial charge in [-0.2, -0.15) is 0 Å². The Morgan fingerprint density at radius 3 is 2.61 bits per heavy atom. The van der Waals surface area contributed by atoms with Crippen LogP contribution in [0.3, 0.4) is 0 Å². The first-order chi connectivity index (χ1) is 16.0. The molecule has 0 unspecified atom stereocenters. The van der Waals surface area contributed by atoms with Crippen LogP contribution in [-0.2, 0) is 11.4 Å². The lowest BCUT2D eigenvalue weighted by Crippen LogP contribution is -2.48. The first kappa shape index (κ1) is 22.5. The van der Waals surface area contributed by atoms with Gasteiger partial charge in [-0.1, -0.05) is 30.3 Å². The quantitative estimate of drug-likeness (QED) is 0.294. The number of hydrogen-bond donors (Lipinski definition) is 0. The van der Waals surface area contributed by atoms with E-state index in [1.165, 1.54) is 6.07 Å². The van der Waals surface area contributed by atoms with Crippen molar-refractivity contribution in [1.82, 2.24) is 9.88 Å². The summed E-state index contributed by atoms with van der Waals surface area (Å²) in [6.45, 7) is 4.40. The van der Waals surface area contributed by atoms with E-state index in [0.29, 0.717) is 44.2 Å². The zero-order valence-electron chi connectivity index (χ0n) is 18.2. The van der Waals surface area contributed by atoms with Crippen LogP contribution in [0.2, 0.25) is 0 Å². The van der Waals surface area contributed by atoms with Crippen molar-refractivity contribution in [3.63, 3.8) is 0 Å². The minimum Gasteiger partial charge on any atom is -0.487 e. The van der Waals surface area contributed by atoms with E-state index in [0.717, 1.165) is 16.3 Å². The second-order valence-electron chi connectivity index (χ2n) is 7.58. The van der Waals surface area contributed by atoms with Crippen molar-refractivity contribution in [2.24, 2.45) is 0 Å². The van der Waals surface area contributed by atoms with Crippen molar-refractivity contribution >= 4 is 34.7 Å². The van der Waals surface area contributed by atoms with Crippen LogP contribution in [0.25, 0.3) is 6.08 Å². The van der Waals surface area contributed by atoms with Gasteiger partial charge in [-0.15, -0.1) is 11.3 Å². The van der Waals surface area contributed by atoms with Gasteiger partial charge in [-0.05, 0) is 25.1 Å². The molecule has 0 aliphatic carbocycles. The van der Waals surface area contributed by atoms with E-state index in [2.05, 4.69) is 4.98 Å². The standard InChI is InChI=1S/C24H24N4O4S/c1-18-25-20(17-33-18)16-32-23-9-5-2-6-19(23)10-11-24(29)27-14-12-26(13-15-27)21-7-3-4-8-22(21)28(30)31/h2-11,17H,12-16H2,1H3/b11-10+. The van der Waals surface area contributed by atoms with Crippen molar-refractivity contribution < 1.29 is 14.5 Å². The molecule has 170 valence electrons. The third-order valence-corrected chi connectivity index (χ3v) is 6.20. The Labute approximate surface area is 195 Å². The molecule has 3 aromatic rings. The highest BCUT2D eigenvalue weighted by Gasteiger charge is 2.24. The van der Waals surface area contributed by atoms with Gasteiger partial charge in [0.05, 0.1) is 15.6 Å². The summed E-state index contributed by atoms with van der Waals surface area (Å²) < 4.78 is 5.91. The van der Waals surface area contributed by atoms with Crippen LogP contribution in [0.1, 0.15) is 16.3 Å². The molecule has 1 fully saturated rings. The molecular formula is C24H24N4O4S. The number of anilines is 1. The van der Waals surface area contributed by atoms with Crippen LogP contribution < -0.4 is 9.64 Å². The zero-order chi connectivity index (χ0) is 23.2. The highest BCUT2D eigenvalue weighted by molar-refractivity contribution is 7.09. The average molecular weight is 465 g/mol. The summed E-state index contributed by atoms with van der Waals surface area (Å²) >= 11 is 1.58. The average Bonchev–Trinajstić information content (AvgIpc) is 3.26. The van der Waals surface area contributed by atoms with Gasteiger partial charge in [0.1, 0.15) is 18.0 Å². The molecule has 1 aromatic heterocycles.